The number of aliphatic imine (C=N–C) groups is 1. The Morgan fingerprint density at radius 2 is 2.11 bits per heavy atom. The highest BCUT2D eigenvalue weighted by molar-refractivity contribution is 6.23. The number of aliphatic hydroxyl groups is 1. The fourth-order valence-corrected chi connectivity index (χ4v) is 3.72. The van der Waals surface area contributed by atoms with Crippen molar-refractivity contribution in [3.63, 3.8) is 0 Å². The van der Waals surface area contributed by atoms with Crippen LogP contribution >= 0.6 is 11.6 Å². The zero-order valence-electron chi connectivity index (χ0n) is 16.7. The number of benzene rings is 1. The van der Waals surface area contributed by atoms with Crippen molar-refractivity contribution in [1.29, 1.82) is 0 Å². The lowest BCUT2D eigenvalue weighted by Crippen LogP contribution is -2.53. The number of allylic oxidation sites excluding steroid dienone is 1. The summed E-state index contributed by atoms with van der Waals surface area (Å²) < 4.78 is 0. The van der Waals surface area contributed by atoms with E-state index in [2.05, 4.69) is 15.2 Å². The average Bonchev–Trinajstić information content (AvgIpc) is 2.71. The van der Waals surface area contributed by atoms with Crippen LogP contribution in [0.1, 0.15) is 32.8 Å². The number of anilines is 1. The van der Waals surface area contributed by atoms with Crippen LogP contribution < -0.4 is 5.32 Å². The summed E-state index contributed by atoms with van der Waals surface area (Å²) in [7, 11) is 0. The molecule has 2 N–H and O–H groups in total. The van der Waals surface area contributed by atoms with Crippen LogP contribution in [0.25, 0.3) is 0 Å². The number of aliphatic hydroxyl groups excluding tert-OH is 1. The Balaban J connectivity index is 1.62. The second-order valence-electron chi connectivity index (χ2n) is 8.16. The largest absolute Gasteiger partial charge is 0.395 e. The van der Waals surface area contributed by atoms with Gasteiger partial charge in [0.2, 0.25) is 0 Å². The molecule has 1 aromatic rings. The quantitative estimate of drug-likeness (QED) is 0.742. The van der Waals surface area contributed by atoms with Crippen LogP contribution in [0, 0.1) is 0 Å². The van der Waals surface area contributed by atoms with Crippen LogP contribution in [0.4, 0.5) is 5.69 Å². The number of hydrogen-bond acceptors (Lipinski definition) is 4. The number of carbonyl (C=O) groups is 1. The molecule has 2 unspecified atom stereocenters. The summed E-state index contributed by atoms with van der Waals surface area (Å²) in [5.41, 5.74) is 1.78. The van der Waals surface area contributed by atoms with Crippen LogP contribution in [-0.2, 0) is 10.2 Å². The first kappa shape index (κ1) is 20.8. The van der Waals surface area contributed by atoms with Gasteiger partial charge in [-0.25, -0.2) is 0 Å². The summed E-state index contributed by atoms with van der Waals surface area (Å²) in [6, 6.07) is 7.64. The van der Waals surface area contributed by atoms with Gasteiger partial charge >= 0.3 is 0 Å². The van der Waals surface area contributed by atoms with Crippen LogP contribution in [0.3, 0.4) is 0 Å². The molecule has 150 valence electrons. The van der Waals surface area contributed by atoms with E-state index in [9.17, 15) is 9.90 Å². The third kappa shape index (κ3) is 4.22. The topological polar surface area (TPSA) is 64.9 Å². The third-order valence-corrected chi connectivity index (χ3v) is 6.24. The summed E-state index contributed by atoms with van der Waals surface area (Å²) >= 11 is 6.46. The summed E-state index contributed by atoms with van der Waals surface area (Å²) in [4.78, 5) is 19.4. The molecule has 0 aliphatic carbocycles. The first-order valence-electron chi connectivity index (χ1n) is 9.59. The number of rotatable bonds is 5. The Bertz CT molecular complexity index is 814. The molecular formula is C22H28ClN3O2. The van der Waals surface area contributed by atoms with Gasteiger partial charge in [-0.1, -0.05) is 38.1 Å². The second kappa shape index (κ2) is 8.19. The maximum Gasteiger partial charge on any atom is 0.251 e. The molecule has 5 nitrogen and oxygen atoms in total. The minimum Gasteiger partial charge on any atom is -0.395 e. The Kier molecular flexibility index (Phi) is 6.08. The fraction of sp³-hybridized carbons (Fsp3) is 0.455. The van der Waals surface area contributed by atoms with Gasteiger partial charge < -0.3 is 10.4 Å². The first-order chi connectivity index (χ1) is 13.3. The molecule has 3 rings (SSSR count). The minimum atomic E-state index is -0.482. The van der Waals surface area contributed by atoms with Crippen molar-refractivity contribution in [3.05, 3.63) is 53.6 Å². The van der Waals surface area contributed by atoms with Gasteiger partial charge in [0.1, 0.15) is 5.66 Å². The van der Waals surface area contributed by atoms with Gasteiger partial charge in [0.25, 0.3) is 5.91 Å². The lowest BCUT2D eigenvalue weighted by Gasteiger charge is -2.42. The normalized spacial score (nSPS) is 25.5. The second-order valence-corrected chi connectivity index (χ2v) is 8.63. The SMILES string of the molecule is CC(C)(CO)c1ccc(NC(=O)C2=CCN(C3(C)N=CC=CC3Cl)CC2)cc1. The van der Waals surface area contributed by atoms with Crippen LogP contribution in [0.5, 0.6) is 0 Å². The molecule has 2 aliphatic rings. The number of carbonyl (C=O) groups excluding carboxylic acids is 1. The van der Waals surface area contributed by atoms with Crippen molar-refractivity contribution < 1.29 is 9.90 Å². The highest BCUT2D eigenvalue weighted by Gasteiger charge is 2.38. The summed E-state index contributed by atoms with van der Waals surface area (Å²) in [6.45, 7) is 7.43. The van der Waals surface area contributed by atoms with Crippen molar-refractivity contribution in [1.82, 2.24) is 4.90 Å². The minimum absolute atomic E-state index is 0.0734. The molecule has 2 aliphatic heterocycles. The predicted molar refractivity (Wildman–Crippen MR) is 115 cm³/mol. The maximum atomic E-state index is 12.6. The van der Waals surface area contributed by atoms with E-state index in [0.29, 0.717) is 13.0 Å². The highest BCUT2D eigenvalue weighted by atomic mass is 35.5. The van der Waals surface area contributed by atoms with E-state index >= 15 is 0 Å². The van der Waals surface area contributed by atoms with Gasteiger partial charge in [0, 0.05) is 36.0 Å². The lowest BCUT2D eigenvalue weighted by atomic mass is 9.85. The molecule has 0 spiro atoms. The molecule has 6 heteroatoms. The number of dihydropyridines is 1. The lowest BCUT2D eigenvalue weighted by molar-refractivity contribution is -0.113. The van der Waals surface area contributed by atoms with Crippen LogP contribution in [0.2, 0.25) is 0 Å². The Morgan fingerprint density at radius 3 is 2.68 bits per heavy atom. The highest BCUT2D eigenvalue weighted by Crippen LogP contribution is 2.31. The van der Waals surface area contributed by atoms with E-state index in [1.54, 1.807) is 6.21 Å². The third-order valence-electron chi connectivity index (χ3n) is 5.69. The number of amides is 1. The van der Waals surface area contributed by atoms with E-state index in [4.69, 9.17) is 11.6 Å². The number of alkyl halides is 1. The van der Waals surface area contributed by atoms with Gasteiger partial charge in [-0.3, -0.25) is 14.7 Å². The summed E-state index contributed by atoms with van der Waals surface area (Å²) in [5, 5.41) is 12.3. The zero-order chi connectivity index (χ0) is 20.4. The standard InChI is InChI=1S/C22H28ClN3O2/c1-21(2,15-27)17-6-8-18(9-7-17)25-20(28)16-10-13-26(14-11-16)22(3)19(23)5-4-12-24-22/h4-10,12,19,27H,11,13-15H2,1-3H3,(H,25,28). The molecule has 2 heterocycles. The number of halogens is 1. The van der Waals surface area contributed by atoms with Crippen molar-refractivity contribution >= 4 is 29.4 Å². The van der Waals surface area contributed by atoms with E-state index in [-0.39, 0.29) is 23.3 Å². The monoisotopic (exact) mass is 401 g/mol. The maximum absolute atomic E-state index is 12.6. The molecular weight excluding hydrogens is 374 g/mol. The van der Waals surface area contributed by atoms with E-state index < -0.39 is 5.66 Å². The van der Waals surface area contributed by atoms with Gasteiger partial charge in [0.05, 0.1) is 12.0 Å². The van der Waals surface area contributed by atoms with E-state index in [1.807, 2.05) is 63.3 Å². The molecule has 0 bridgehead atoms. The van der Waals surface area contributed by atoms with Gasteiger partial charge in [-0.15, -0.1) is 11.6 Å². The summed E-state index contributed by atoms with van der Waals surface area (Å²) in [5.74, 6) is -0.0755. The zero-order valence-corrected chi connectivity index (χ0v) is 17.4. The molecule has 28 heavy (non-hydrogen) atoms. The summed E-state index contributed by atoms with van der Waals surface area (Å²) in [6.07, 6.45) is 8.21. The van der Waals surface area contributed by atoms with Crippen molar-refractivity contribution in [2.24, 2.45) is 4.99 Å². The Morgan fingerprint density at radius 1 is 1.39 bits per heavy atom. The first-order valence-corrected chi connectivity index (χ1v) is 10.0. The molecule has 1 aromatic carbocycles. The molecule has 0 fully saturated rings. The van der Waals surface area contributed by atoms with E-state index in [1.165, 1.54) is 0 Å². The molecule has 0 saturated carbocycles. The smallest absolute Gasteiger partial charge is 0.251 e. The van der Waals surface area contributed by atoms with Crippen molar-refractivity contribution in [3.8, 4) is 0 Å². The Hall–Kier alpha value is -1.95. The van der Waals surface area contributed by atoms with E-state index in [0.717, 1.165) is 23.4 Å². The van der Waals surface area contributed by atoms with Gasteiger partial charge in [-0.05, 0) is 37.1 Å². The predicted octanol–water partition coefficient (Wildman–Crippen LogP) is 3.49. The number of nitrogens with one attached hydrogen (secondary N) is 1. The number of hydrogen-bond donors (Lipinski definition) is 2. The molecule has 1 amide bonds. The number of nitrogens with zero attached hydrogens (tertiary/aromatic N) is 2. The fourth-order valence-electron chi connectivity index (χ4n) is 3.44. The molecule has 0 radical (unpaired) electrons. The van der Waals surface area contributed by atoms with Gasteiger partial charge in [0.15, 0.2) is 0 Å². The van der Waals surface area contributed by atoms with Crippen LogP contribution in [0.15, 0.2) is 53.1 Å². The van der Waals surface area contributed by atoms with Crippen molar-refractivity contribution in [2.45, 2.75) is 43.6 Å². The van der Waals surface area contributed by atoms with Gasteiger partial charge in [-0.2, -0.15) is 0 Å². The Labute approximate surface area is 171 Å². The molecule has 0 saturated heterocycles. The molecule has 2 atom stereocenters. The average molecular weight is 402 g/mol. The van der Waals surface area contributed by atoms with Crippen LogP contribution in [-0.4, -0.2) is 52.9 Å². The molecule has 0 aromatic heterocycles. The van der Waals surface area contributed by atoms with Crippen molar-refractivity contribution in [2.75, 3.05) is 25.0 Å².